The molecule has 3 aliphatic rings. The van der Waals surface area contributed by atoms with E-state index in [1.165, 1.54) is 12.1 Å². The highest BCUT2D eigenvalue weighted by atomic mass is 16.5. The number of urea groups is 1. The zero-order chi connectivity index (χ0) is 22.1. The molecular formula is C24H29N5O3. The molecule has 6 rings (SSSR count). The Balaban J connectivity index is 1.18. The van der Waals surface area contributed by atoms with Crippen molar-refractivity contribution < 1.29 is 13.9 Å². The van der Waals surface area contributed by atoms with E-state index in [1.807, 2.05) is 48.1 Å². The van der Waals surface area contributed by atoms with Crippen molar-refractivity contribution in [2.75, 3.05) is 32.1 Å². The number of piperidine rings is 3. The van der Waals surface area contributed by atoms with Gasteiger partial charge in [0.1, 0.15) is 11.4 Å². The predicted octanol–water partition coefficient (Wildman–Crippen LogP) is 3.69. The van der Waals surface area contributed by atoms with Gasteiger partial charge in [-0.2, -0.15) is 5.10 Å². The van der Waals surface area contributed by atoms with Crippen molar-refractivity contribution in [1.82, 2.24) is 20.0 Å². The van der Waals surface area contributed by atoms with Crippen LogP contribution in [0.4, 0.5) is 10.5 Å². The molecule has 3 aromatic rings. The Hall–Kier alpha value is -3.26. The number of rotatable bonds is 6. The Kier molecular flexibility index (Phi) is 5.61. The summed E-state index contributed by atoms with van der Waals surface area (Å²) in [4.78, 5) is 14.9. The van der Waals surface area contributed by atoms with Crippen LogP contribution in [0.25, 0.3) is 11.5 Å². The van der Waals surface area contributed by atoms with E-state index >= 15 is 0 Å². The van der Waals surface area contributed by atoms with E-state index in [2.05, 4.69) is 26.7 Å². The van der Waals surface area contributed by atoms with Crippen molar-refractivity contribution in [3.8, 4) is 17.2 Å². The van der Waals surface area contributed by atoms with E-state index in [1.54, 1.807) is 13.4 Å². The van der Waals surface area contributed by atoms with Gasteiger partial charge in [0.2, 0.25) is 0 Å². The van der Waals surface area contributed by atoms with Crippen molar-refractivity contribution in [3.05, 3.63) is 54.4 Å². The highest BCUT2D eigenvalue weighted by Gasteiger charge is 2.41. The number of aryl methyl sites for hydroxylation is 1. The number of methoxy groups -OCH3 is 1. The average Bonchev–Trinajstić information content (AvgIpc) is 3.48. The number of nitrogens with zero attached hydrogens (tertiary/aromatic N) is 3. The minimum Gasteiger partial charge on any atom is -0.497 e. The number of nitrogens with one attached hydrogen (secondary N) is 2. The number of aromatic nitrogens is 2. The summed E-state index contributed by atoms with van der Waals surface area (Å²) in [5, 5.41) is 10.6. The Bertz CT molecular complexity index is 1060. The van der Waals surface area contributed by atoms with E-state index in [-0.39, 0.29) is 6.03 Å². The molecule has 32 heavy (non-hydrogen) atoms. The third-order valence-corrected chi connectivity index (χ3v) is 6.79. The summed E-state index contributed by atoms with van der Waals surface area (Å²) in [6, 6.07) is 13.5. The van der Waals surface area contributed by atoms with Crippen LogP contribution in [0.15, 0.2) is 53.1 Å². The predicted molar refractivity (Wildman–Crippen MR) is 122 cm³/mol. The normalized spacial score (nSPS) is 24.3. The number of carbonyl (C=O) groups excluding carboxylic acids is 1. The first-order valence-corrected chi connectivity index (χ1v) is 11.1. The first-order chi connectivity index (χ1) is 15.6. The van der Waals surface area contributed by atoms with Gasteiger partial charge >= 0.3 is 6.03 Å². The molecule has 3 fully saturated rings. The van der Waals surface area contributed by atoms with Crippen LogP contribution in [-0.4, -0.2) is 53.5 Å². The van der Waals surface area contributed by atoms with Crippen molar-refractivity contribution in [1.29, 1.82) is 0 Å². The maximum atomic E-state index is 12.4. The fourth-order valence-corrected chi connectivity index (χ4v) is 5.12. The lowest BCUT2D eigenvalue weighted by molar-refractivity contribution is 0.0296. The molecule has 2 bridgehead atoms. The molecule has 4 atom stereocenters. The number of ether oxygens (including phenoxy) is 1. The van der Waals surface area contributed by atoms with Crippen LogP contribution in [0.3, 0.4) is 0 Å². The summed E-state index contributed by atoms with van der Waals surface area (Å²) in [5.41, 5.74) is 2.89. The zero-order valence-electron chi connectivity index (χ0n) is 18.5. The molecule has 1 unspecified atom stereocenters. The smallest absolute Gasteiger partial charge is 0.319 e. The average molecular weight is 436 g/mol. The number of benzene rings is 1. The fourth-order valence-electron chi connectivity index (χ4n) is 5.12. The van der Waals surface area contributed by atoms with Gasteiger partial charge in [0, 0.05) is 43.5 Å². The molecule has 0 radical (unpaired) electrons. The largest absolute Gasteiger partial charge is 0.497 e. The van der Waals surface area contributed by atoms with Gasteiger partial charge in [0.05, 0.1) is 13.4 Å². The molecule has 5 heterocycles. The lowest BCUT2D eigenvalue weighted by atomic mass is 9.74. The van der Waals surface area contributed by atoms with E-state index < -0.39 is 0 Å². The number of furan rings is 1. The summed E-state index contributed by atoms with van der Waals surface area (Å²) in [6.07, 6.45) is 3.94. The molecule has 3 aliphatic heterocycles. The van der Waals surface area contributed by atoms with Gasteiger partial charge in [-0.1, -0.05) is 0 Å². The molecule has 8 heteroatoms. The number of hydrogen-bond acceptors (Lipinski definition) is 5. The summed E-state index contributed by atoms with van der Waals surface area (Å²) in [7, 11) is 3.64. The Morgan fingerprint density at radius 1 is 1.28 bits per heavy atom. The van der Waals surface area contributed by atoms with Gasteiger partial charge in [-0.3, -0.25) is 9.58 Å². The van der Waals surface area contributed by atoms with Crippen LogP contribution >= 0.6 is 0 Å². The summed E-state index contributed by atoms with van der Waals surface area (Å²) in [5.74, 6) is 2.62. The van der Waals surface area contributed by atoms with Crippen LogP contribution in [0, 0.1) is 5.92 Å². The van der Waals surface area contributed by atoms with E-state index in [9.17, 15) is 4.79 Å². The van der Waals surface area contributed by atoms with Crippen molar-refractivity contribution >= 4 is 11.7 Å². The molecule has 1 aromatic carbocycles. The number of anilines is 1. The molecule has 0 aliphatic carbocycles. The molecule has 168 valence electrons. The molecule has 0 saturated carbocycles. The summed E-state index contributed by atoms with van der Waals surface area (Å²) < 4.78 is 12.7. The highest BCUT2D eigenvalue weighted by molar-refractivity contribution is 5.89. The SMILES string of the molecule is COc1ccc(NC(=O)NC[C@H]2C[C@@H]3CCN2C[C@H]3c2cc(-c3ccco3)nn2C)cc1. The van der Waals surface area contributed by atoms with Gasteiger partial charge < -0.3 is 19.8 Å². The molecule has 0 spiro atoms. The molecular weight excluding hydrogens is 406 g/mol. The van der Waals surface area contributed by atoms with Crippen LogP contribution in [0.2, 0.25) is 0 Å². The van der Waals surface area contributed by atoms with E-state index in [4.69, 9.17) is 9.15 Å². The number of carbonyl (C=O) groups is 1. The van der Waals surface area contributed by atoms with E-state index in [0.717, 1.165) is 42.4 Å². The van der Waals surface area contributed by atoms with Gasteiger partial charge in [0.25, 0.3) is 0 Å². The van der Waals surface area contributed by atoms with Crippen LogP contribution in [0.5, 0.6) is 5.75 Å². The van der Waals surface area contributed by atoms with Gasteiger partial charge in [-0.05, 0) is 67.8 Å². The van der Waals surface area contributed by atoms with Crippen LogP contribution in [-0.2, 0) is 7.05 Å². The lowest BCUT2D eigenvalue weighted by Crippen LogP contribution is -2.56. The Morgan fingerprint density at radius 2 is 2.12 bits per heavy atom. The first kappa shape index (κ1) is 20.6. The van der Waals surface area contributed by atoms with Gasteiger partial charge in [-0.25, -0.2) is 4.79 Å². The number of amides is 2. The standard InChI is InChI=1S/C24H29N5O3/c1-28-22(13-21(27-28)23-4-3-11-32-23)20-15-29-10-9-16(20)12-18(29)14-25-24(30)26-17-5-7-19(31-2)8-6-17/h3-8,11,13,16,18,20H,9-10,12,14-15H2,1-2H3,(H2,25,26,30)/t16-,18+,20+/m0/s1. The first-order valence-electron chi connectivity index (χ1n) is 11.1. The number of hydrogen-bond donors (Lipinski definition) is 2. The van der Waals surface area contributed by atoms with Crippen LogP contribution in [0.1, 0.15) is 24.5 Å². The Labute approximate surface area is 187 Å². The molecule has 3 saturated heterocycles. The maximum absolute atomic E-state index is 12.4. The van der Waals surface area contributed by atoms with E-state index in [0.29, 0.717) is 24.4 Å². The molecule has 8 nitrogen and oxygen atoms in total. The topological polar surface area (TPSA) is 84.6 Å². The number of fused-ring (bicyclic) bond motifs is 3. The summed E-state index contributed by atoms with van der Waals surface area (Å²) in [6.45, 7) is 2.72. The third kappa shape index (κ3) is 4.10. The van der Waals surface area contributed by atoms with Crippen molar-refractivity contribution in [2.45, 2.75) is 24.8 Å². The van der Waals surface area contributed by atoms with Gasteiger partial charge in [0.15, 0.2) is 5.76 Å². The maximum Gasteiger partial charge on any atom is 0.319 e. The van der Waals surface area contributed by atoms with Crippen molar-refractivity contribution in [2.24, 2.45) is 13.0 Å². The second kappa shape index (κ2) is 8.70. The summed E-state index contributed by atoms with van der Waals surface area (Å²) >= 11 is 0. The molecule has 2 amide bonds. The van der Waals surface area contributed by atoms with Gasteiger partial charge in [-0.15, -0.1) is 0 Å². The minimum atomic E-state index is -0.177. The molecule has 2 N–H and O–H groups in total. The fraction of sp³-hybridized carbons (Fsp3) is 0.417. The third-order valence-electron chi connectivity index (χ3n) is 6.79. The zero-order valence-corrected chi connectivity index (χ0v) is 18.5. The van der Waals surface area contributed by atoms with Crippen LogP contribution < -0.4 is 15.4 Å². The van der Waals surface area contributed by atoms with Crippen molar-refractivity contribution in [3.63, 3.8) is 0 Å². The monoisotopic (exact) mass is 435 g/mol. The minimum absolute atomic E-state index is 0.177. The highest BCUT2D eigenvalue weighted by Crippen LogP contribution is 2.42. The Morgan fingerprint density at radius 3 is 2.81 bits per heavy atom. The molecule has 2 aromatic heterocycles. The second-order valence-electron chi connectivity index (χ2n) is 8.66. The quantitative estimate of drug-likeness (QED) is 0.617. The second-order valence-corrected chi connectivity index (χ2v) is 8.66. The lowest BCUT2D eigenvalue weighted by Gasteiger charge is -2.49.